The van der Waals surface area contributed by atoms with Crippen LogP contribution in [0.4, 0.5) is 0 Å². The molecule has 1 atom stereocenters. The predicted octanol–water partition coefficient (Wildman–Crippen LogP) is 2.56. The Labute approximate surface area is 105 Å². The van der Waals surface area contributed by atoms with Gasteiger partial charge in [-0.1, -0.05) is 24.9 Å². The van der Waals surface area contributed by atoms with E-state index in [0.29, 0.717) is 12.3 Å². The molecule has 1 rings (SSSR count). The third-order valence-electron chi connectivity index (χ3n) is 3.63. The normalized spacial score (nSPS) is 22.9. The fraction of sp³-hybridized carbons (Fsp3) is 0.923. The Morgan fingerprint density at radius 1 is 1.41 bits per heavy atom. The van der Waals surface area contributed by atoms with E-state index in [1.165, 1.54) is 45.2 Å². The molecule has 0 saturated carbocycles. The molecule has 3 N–H and O–H groups in total. The first-order valence-electron chi connectivity index (χ1n) is 6.98. The Bertz CT molecular complexity index is 229. The lowest BCUT2D eigenvalue weighted by molar-refractivity contribution is 0.137. The van der Waals surface area contributed by atoms with Crippen LogP contribution in [0.15, 0.2) is 5.16 Å². The zero-order valence-corrected chi connectivity index (χ0v) is 11.1. The van der Waals surface area contributed by atoms with Gasteiger partial charge in [-0.15, -0.1) is 0 Å². The van der Waals surface area contributed by atoms with Gasteiger partial charge in [0.05, 0.1) is 0 Å². The molecule has 4 nitrogen and oxygen atoms in total. The smallest absolute Gasteiger partial charge is 0.139 e. The monoisotopic (exact) mass is 241 g/mol. The van der Waals surface area contributed by atoms with Crippen LogP contribution in [0.25, 0.3) is 0 Å². The van der Waals surface area contributed by atoms with Crippen molar-refractivity contribution in [3.8, 4) is 0 Å². The number of nitrogens with zero attached hydrogens (tertiary/aromatic N) is 2. The Balaban J connectivity index is 2.19. The van der Waals surface area contributed by atoms with E-state index in [-0.39, 0.29) is 0 Å². The molecule has 1 saturated heterocycles. The second-order valence-corrected chi connectivity index (χ2v) is 5.02. The SMILES string of the molecule is CCCC1CCCCN1CCCCC(N)=NO. The first-order chi connectivity index (χ1) is 8.27. The fourth-order valence-electron chi connectivity index (χ4n) is 2.69. The zero-order valence-electron chi connectivity index (χ0n) is 11.1. The summed E-state index contributed by atoms with van der Waals surface area (Å²) in [6.07, 6.45) is 9.61. The summed E-state index contributed by atoms with van der Waals surface area (Å²) in [6, 6.07) is 0.803. The summed E-state index contributed by atoms with van der Waals surface area (Å²) in [5.74, 6) is 0.355. The van der Waals surface area contributed by atoms with Gasteiger partial charge in [-0.3, -0.25) is 0 Å². The molecular weight excluding hydrogens is 214 g/mol. The minimum atomic E-state index is 0.355. The quantitative estimate of drug-likeness (QED) is 0.237. The lowest BCUT2D eigenvalue weighted by Gasteiger charge is -2.35. The molecule has 1 aliphatic heterocycles. The molecule has 1 unspecified atom stereocenters. The molecule has 0 aromatic rings. The molecule has 0 aromatic heterocycles. The van der Waals surface area contributed by atoms with Crippen molar-refractivity contribution < 1.29 is 5.21 Å². The summed E-state index contributed by atoms with van der Waals surface area (Å²) in [5.41, 5.74) is 5.45. The van der Waals surface area contributed by atoms with E-state index in [1.807, 2.05) is 0 Å². The molecule has 1 heterocycles. The van der Waals surface area contributed by atoms with Crippen LogP contribution in [-0.2, 0) is 0 Å². The summed E-state index contributed by atoms with van der Waals surface area (Å²) >= 11 is 0. The molecule has 0 aromatic carbocycles. The van der Waals surface area contributed by atoms with E-state index in [2.05, 4.69) is 17.0 Å². The van der Waals surface area contributed by atoms with Crippen molar-refractivity contribution in [3.05, 3.63) is 0 Å². The third kappa shape index (κ3) is 5.39. The summed E-state index contributed by atoms with van der Waals surface area (Å²) in [7, 11) is 0. The average Bonchev–Trinajstić information content (AvgIpc) is 2.36. The van der Waals surface area contributed by atoms with Gasteiger partial charge >= 0.3 is 0 Å². The Hall–Kier alpha value is -0.770. The first kappa shape index (κ1) is 14.3. The van der Waals surface area contributed by atoms with Crippen LogP contribution in [-0.4, -0.2) is 35.1 Å². The van der Waals surface area contributed by atoms with Crippen LogP contribution >= 0.6 is 0 Å². The van der Waals surface area contributed by atoms with Gasteiger partial charge in [0.25, 0.3) is 0 Å². The number of hydrogen-bond acceptors (Lipinski definition) is 3. The van der Waals surface area contributed by atoms with Gasteiger partial charge < -0.3 is 15.8 Å². The standard InChI is InChI=1S/C13H27N3O/c1-2-7-12-8-3-5-10-16(12)11-6-4-9-13(14)15-17/h12,17H,2-11H2,1H3,(H2,14,15). The van der Waals surface area contributed by atoms with Crippen molar-refractivity contribution in [3.63, 3.8) is 0 Å². The molecule has 0 radical (unpaired) electrons. The van der Waals surface area contributed by atoms with E-state index >= 15 is 0 Å². The van der Waals surface area contributed by atoms with E-state index in [0.717, 1.165) is 18.9 Å². The number of likely N-dealkylation sites (tertiary alicyclic amines) is 1. The van der Waals surface area contributed by atoms with Crippen LogP contribution in [0.3, 0.4) is 0 Å². The first-order valence-corrected chi connectivity index (χ1v) is 6.98. The fourth-order valence-corrected chi connectivity index (χ4v) is 2.69. The highest BCUT2D eigenvalue weighted by Gasteiger charge is 2.20. The highest BCUT2D eigenvalue weighted by atomic mass is 16.4. The van der Waals surface area contributed by atoms with E-state index < -0.39 is 0 Å². The largest absolute Gasteiger partial charge is 0.409 e. The van der Waals surface area contributed by atoms with Crippen molar-refractivity contribution in [2.45, 2.75) is 64.3 Å². The lowest BCUT2D eigenvalue weighted by Crippen LogP contribution is -2.40. The van der Waals surface area contributed by atoms with Gasteiger partial charge in [0, 0.05) is 12.5 Å². The van der Waals surface area contributed by atoms with Crippen molar-refractivity contribution >= 4 is 5.84 Å². The van der Waals surface area contributed by atoms with Crippen molar-refractivity contribution in [2.24, 2.45) is 10.9 Å². The van der Waals surface area contributed by atoms with Crippen LogP contribution in [0, 0.1) is 0 Å². The van der Waals surface area contributed by atoms with Crippen LogP contribution in [0.5, 0.6) is 0 Å². The highest BCUT2D eigenvalue weighted by Crippen LogP contribution is 2.21. The minimum Gasteiger partial charge on any atom is -0.409 e. The van der Waals surface area contributed by atoms with Crippen LogP contribution in [0.1, 0.15) is 58.3 Å². The van der Waals surface area contributed by atoms with E-state index in [9.17, 15) is 0 Å². The maximum absolute atomic E-state index is 8.45. The number of piperidine rings is 1. The number of oxime groups is 1. The van der Waals surface area contributed by atoms with Crippen molar-refractivity contribution in [1.82, 2.24) is 4.90 Å². The minimum absolute atomic E-state index is 0.355. The van der Waals surface area contributed by atoms with Gasteiger partial charge in [-0.2, -0.15) is 0 Å². The molecule has 1 fully saturated rings. The summed E-state index contributed by atoms with van der Waals surface area (Å²) in [4.78, 5) is 2.64. The number of unbranched alkanes of at least 4 members (excludes halogenated alkanes) is 1. The predicted molar refractivity (Wildman–Crippen MR) is 71.4 cm³/mol. The maximum atomic E-state index is 8.45. The molecule has 0 amide bonds. The Kier molecular flexibility index (Phi) is 7.01. The van der Waals surface area contributed by atoms with Crippen LogP contribution < -0.4 is 5.73 Å². The average molecular weight is 241 g/mol. The number of hydrogen-bond donors (Lipinski definition) is 2. The summed E-state index contributed by atoms with van der Waals surface area (Å²) in [6.45, 7) is 4.70. The molecule has 0 aliphatic carbocycles. The molecule has 0 spiro atoms. The van der Waals surface area contributed by atoms with Gasteiger partial charge in [0.15, 0.2) is 0 Å². The zero-order chi connectivity index (χ0) is 12.5. The maximum Gasteiger partial charge on any atom is 0.139 e. The molecule has 4 heteroatoms. The van der Waals surface area contributed by atoms with E-state index in [1.54, 1.807) is 0 Å². The number of amidine groups is 1. The second-order valence-electron chi connectivity index (χ2n) is 5.02. The highest BCUT2D eigenvalue weighted by molar-refractivity contribution is 5.79. The second kappa shape index (κ2) is 8.34. The van der Waals surface area contributed by atoms with Crippen molar-refractivity contribution in [2.75, 3.05) is 13.1 Å². The topological polar surface area (TPSA) is 61.8 Å². The molecule has 0 bridgehead atoms. The van der Waals surface area contributed by atoms with Crippen molar-refractivity contribution in [1.29, 1.82) is 0 Å². The molecule has 100 valence electrons. The Morgan fingerprint density at radius 2 is 2.24 bits per heavy atom. The summed E-state index contributed by atoms with van der Waals surface area (Å²) < 4.78 is 0. The lowest BCUT2D eigenvalue weighted by atomic mass is 9.98. The molecule has 1 aliphatic rings. The van der Waals surface area contributed by atoms with Gasteiger partial charge in [-0.05, 0) is 45.2 Å². The molecule has 17 heavy (non-hydrogen) atoms. The number of nitrogens with two attached hydrogens (primary N) is 1. The third-order valence-corrected chi connectivity index (χ3v) is 3.63. The molecular formula is C13H27N3O. The van der Waals surface area contributed by atoms with Crippen LogP contribution in [0.2, 0.25) is 0 Å². The Morgan fingerprint density at radius 3 is 2.94 bits per heavy atom. The van der Waals surface area contributed by atoms with Gasteiger partial charge in [0.2, 0.25) is 0 Å². The van der Waals surface area contributed by atoms with Gasteiger partial charge in [0.1, 0.15) is 5.84 Å². The van der Waals surface area contributed by atoms with E-state index in [4.69, 9.17) is 10.9 Å². The summed E-state index contributed by atoms with van der Waals surface area (Å²) in [5, 5.41) is 11.4. The van der Waals surface area contributed by atoms with Gasteiger partial charge in [-0.25, -0.2) is 0 Å². The number of rotatable bonds is 7.